The maximum absolute atomic E-state index is 9.30. The molecule has 3 N–H and O–H groups in total. The highest BCUT2D eigenvalue weighted by Gasteiger charge is 2.36. The monoisotopic (exact) mass is 147 g/mol. The minimum absolute atomic E-state index is 0.313. The molecule has 1 aliphatic rings. The molecule has 1 rings (SSSR count). The van der Waals surface area contributed by atoms with Crippen molar-refractivity contribution in [1.29, 1.82) is 0 Å². The third kappa shape index (κ3) is 1.29. The summed E-state index contributed by atoms with van der Waals surface area (Å²) in [6, 6.07) is 0. The summed E-state index contributed by atoms with van der Waals surface area (Å²) in [7, 11) is 0. The Hall–Kier alpha value is -0.160. The van der Waals surface area contributed by atoms with Crippen molar-refractivity contribution in [2.45, 2.75) is 25.0 Å². The van der Waals surface area contributed by atoms with Gasteiger partial charge >= 0.3 is 0 Å². The van der Waals surface area contributed by atoms with E-state index in [1.807, 2.05) is 0 Å². The highest BCUT2D eigenvalue weighted by atomic mass is 16.6. The molecule has 10 heavy (non-hydrogen) atoms. The third-order valence-corrected chi connectivity index (χ3v) is 1.99. The van der Waals surface area contributed by atoms with Gasteiger partial charge in [-0.15, -0.1) is 0 Å². The van der Waals surface area contributed by atoms with Gasteiger partial charge in [0.1, 0.15) is 11.7 Å². The van der Waals surface area contributed by atoms with Crippen LogP contribution in [0.3, 0.4) is 0 Å². The zero-order valence-electron chi connectivity index (χ0n) is 6.04. The van der Waals surface area contributed by atoms with E-state index in [0.29, 0.717) is 19.6 Å². The Morgan fingerprint density at radius 1 is 1.80 bits per heavy atom. The lowest BCUT2D eigenvalue weighted by atomic mass is 9.94. The molecule has 0 aromatic rings. The molecule has 2 unspecified atom stereocenters. The first-order valence-electron chi connectivity index (χ1n) is 3.33. The van der Waals surface area contributed by atoms with Crippen molar-refractivity contribution >= 4 is 0 Å². The standard InChI is InChI=1S/C6H13NO3/c1-6(10-7)2-3-9-4-5(6)8/h5,8H,2-4,7H2,1H3. The van der Waals surface area contributed by atoms with Crippen molar-refractivity contribution < 1.29 is 14.7 Å². The summed E-state index contributed by atoms with van der Waals surface area (Å²) in [6.45, 7) is 2.69. The Morgan fingerprint density at radius 2 is 2.50 bits per heavy atom. The molecule has 1 heterocycles. The first-order chi connectivity index (χ1) is 4.69. The molecule has 0 amide bonds. The van der Waals surface area contributed by atoms with Gasteiger partial charge in [-0.2, -0.15) is 0 Å². The Morgan fingerprint density at radius 3 is 2.90 bits per heavy atom. The SMILES string of the molecule is CC1(ON)CCOCC1O. The average Bonchev–Trinajstić information content (AvgIpc) is 1.96. The van der Waals surface area contributed by atoms with Crippen molar-refractivity contribution in [3.05, 3.63) is 0 Å². The Labute approximate surface area is 59.9 Å². The second-order valence-corrected chi connectivity index (χ2v) is 2.77. The van der Waals surface area contributed by atoms with Gasteiger partial charge in [0.2, 0.25) is 0 Å². The van der Waals surface area contributed by atoms with Gasteiger partial charge in [-0.3, -0.25) is 4.84 Å². The van der Waals surface area contributed by atoms with E-state index < -0.39 is 11.7 Å². The average molecular weight is 147 g/mol. The predicted molar refractivity (Wildman–Crippen MR) is 35.1 cm³/mol. The van der Waals surface area contributed by atoms with Crippen LogP contribution in [0.4, 0.5) is 0 Å². The van der Waals surface area contributed by atoms with Crippen LogP contribution in [0.1, 0.15) is 13.3 Å². The highest BCUT2D eigenvalue weighted by molar-refractivity contribution is 4.85. The summed E-state index contributed by atoms with van der Waals surface area (Å²) in [4.78, 5) is 4.66. The fraction of sp³-hybridized carbons (Fsp3) is 1.00. The number of hydrogen-bond acceptors (Lipinski definition) is 4. The van der Waals surface area contributed by atoms with Gasteiger partial charge in [-0.1, -0.05) is 0 Å². The van der Waals surface area contributed by atoms with Crippen LogP contribution in [-0.2, 0) is 9.57 Å². The zero-order chi connectivity index (χ0) is 7.61. The van der Waals surface area contributed by atoms with E-state index in [2.05, 4.69) is 4.84 Å². The predicted octanol–water partition coefficient (Wildman–Crippen LogP) is -0.583. The molecule has 4 heteroatoms. The van der Waals surface area contributed by atoms with Crippen molar-refractivity contribution in [3.63, 3.8) is 0 Å². The normalized spacial score (nSPS) is 41.7. The number of rotatable bonds is 1. The summed E-state index contributed by atoms with van der Waals surface area (Å²) in [5.74, 6) is 5.01. The van der Waals surface area contributed by atoms with Gasteiger partial charge in [-0.25, -0.2) is 5.90 Å². The maximum atomic E-state index is 9.30. The lowest BCUT2D eigenvalue weighted by Gasteiger charge is -2.35. The molecule has 60 valence electrons. The summed E-state index contributed by atoms with van der Waals surface area (Å²) < 4.78 is 4.99. The second kappa shape index (κ2) is 2.84. The van der Waals surface area contributed by atoms with Gasteiger partial charge < -0.3 is 9.84 Å². The summed E-state index contributed by atoms with van der Waals surface area (Å²) in [5, 5.41) is 9.30. The van der Waals surface area contributed by atoms with E-state index in [9.17, 15) is 5.11 Å². The van der Waals surface area contributed by atoms with Crippen LogP contribution >= 0.6 is 0 Å². The molecule has 4 nitrogen and oxygen atoms in total. The van der Waals surface area contributed by atoms with Crippen molar-refractivity contribution in [3.8, 4) is 0 Å². The van der Waals surface area contributed by atoms with Crippen LogP contribution in [0, 0.1) is 0 Å². The van der Waals surface area contributed by atoms with E-state index in [0.717, 1.165) is 0 Å². The van der Waals surface area contributed by atoms with Crippen LogP contribution in [0.5, 0.6) is 0 Å². The van der Waals surface area contributed by atoms with Gasteiger partial charge in [0.25, 0.3) is 0 Å². The van der Waals surface area contributed by atoms with Crippen molar-refractivity contribution in [2.75, 3.05) is 13.2 Å². The van der Waals surface area contributed by atoms with E-state index in [1.165, 1.54) is 0 Å². The maximum Gasteiger partial charge on any atom is 0.117 e. The fourth-order valence-electron chi connectivity index (χ4n) is 0.950. The molecule has 0 bridgehead atoms. The number of hydrogen-bond donors (Lipinski definition) is 2. The number of aliphatic hydroxyl groups is 1. The minimum atomic E-state index is -0.613. The topological polar surface area (TPSA) is 64.7 Å². The quantitative estimate of drug-likeness (QED) is 0.487. The zero-order valence-corrected chi connectivity index (χ0v) is 6.04. The number of ether oxygens (including phenoxy) is 1. The first-order valence-corrected chi connectivity index (χ1v) is 3.33. The van der Waals surface area contributed by atoms with Crippen LogP contribution in [0.2, 0.25) is 0 Å². The number of aliphatic hydroxyl groups excluding tert-OH is 1. The van der Waals surface area contributed by atoms with Crippen molar-refractivity contribution in [1.82, 2.24) is 0 Å². The second-order valence-electron chi connectivity index (χ2n) is 2.77. The van der Waals surface area contributed by atoms with Gasteiger partial charge in [0, 0.05) is 13.0 Å². The summed E-state index contributed by atoms with van der Waals surface area (Å²) >= 11 is 0. The first kappa shape index (κ1) is 7.94. The van der Waals surface area contributed by atoms with Crippen LogP contribution in [-0.4, -0.2) is 30.0 Å². The third-order valence-electron chi connectivity index (χ3n) is 1.99. The Kier molecular flexibility index (Phi) is 2.25. The molecular formula is C6H13NO3. The lowest BCUT2D eigenvalue weighted by molar-refractivity contribution is -0.175. The molecule has 0 saturated carbocycles. The van der Waals surface area contributed by atoms with Gasteiger partial charge in [0.05, 0.1) is 6.61 Å². The van der Waals surface area contributed by atoms with Crippen LogP contribution in [0.25, 0.3) is 0 Å². The van der Waals surface area contributed by atoms with Crippen LogP contribution < -0.4 is 5.90 Å². The molecule has 0 aliphatic carbocycles. The molecular weight excluding hydrogens is 134 g/mol. The van der Waals surface area contributed by atoms with E-state index >= 15 is 0 Å². The molecule has 1 aliphatic heterocycles. The van der Waals surface area contributed by atoms with E-state index in [-0.39, 0.29) is 0 Å². The van der Waals surface area contributed by atoms with Gasteiger partial charge in [-0.05, 0) is 6.92 Å². The lowest BCUT2D eigenvalue weighted by Crippen LogP contribution is -2.50. The fourth-order valence-corrected chi connectivity index (χ4v) is 0.950. The van der Waals surface area contributed by atoms with E-state index in [1.54, 1.807) is 6.92 Å². The molecule has 1 saturated heterocycles. The Bertz CT molecular complexity index is 120. The minimum Gasteiger partial charge on any atom is -0.388 e. The van der Waals surface area contributed by atoms with Crippen LogP contribution in [0.15, 0.2) is 0 Å². The highest BCUT2D eigenvalue weighted by Crippen LogP contribution is 2.22. The van der Waals surface area contributed by atoms with Crippen molar-refractivity contribution in [2.24, 2.45) is 5.90 Å². The largest absolute Gasteiger partial charge is 0.388 e. The molecule has 2 atom stereocenters. The molecule has 0 aromatic carbocycles. The summed E-state index contributed by atoms with van der Waals surface area (Å²) in [5.41, 5.74) is -0.613. The molecule has 0 aromatic heterocycles. The molecule has 0 radical (unpaired) electrons. The summed E-state index contributed by atoms with van der Waals surface area (Å²) in [6.07, 6.45) is 0.0382. The molecule has 1 fully saturated rings. The number of nitrogens with two attached hydrogens (primary N) is 1. The van der Waals surface area contributed by atoms with Gasteiger partial charge in [0.15, 0.2) is 0 Å². The molecule has 0 spiro atoms. The smallest absolute Gasteiger partial charge is 0.117 e. The van der Waals surface area contributed by atoms with E-state index in [4.69, 9.17) is 10.6 Å². The Balaban J connectivity index is 2.54.